The average Bonchev–Trinajstić information content (AvgIpc) is 3.33. The van der Waals surface area contributed by atoms with Gasteiger partial charge in [-0.2, -0.15) is 0 Å². The van der Waals surface area contributed by atoms with Crippen LogP contribution in [0.5, 0.6) is 0 Å². The third-order valence-electron chi connectivity index (χ3n) is 6.11. The highest BCUT2D eigenvalue weighted by Crippen LogP contribution is 2.44. The van der Waals surface area contributed by atoms with E-state index in [1.807, 2.05) is 0 Å². The molecule has 0 radical (unpaired) electrons. The summed E-state index contributed by atoms with van der Waals surface area (Å²) in [7, 11) is 0. The SMILES string of the molecule is NCC1(N(CC2CC2)C2CC2)CCN2CCCC2C1. The summed E-state index contributed by atoms with van der Waals surface area (Å²) in [6.07, 6.45) is 11.3. The highest BCUT2D eigenvalue weighted by Gasteiger charge is 2.49. The molecule has 0 aromatic carbocycles. The maximum Gasteiger partial charge on any atom is 0.0361 e. The number of hydrogen-bond donors (Lipinski definition) is 1. The monoisotopic (exact) mass is 263 g/mol. The second-order valence-electron chi connectivity index (χ2n) is 7.54. The first kappa shape index (κ1) is 12.6. The van der Waals surface area contributed by atoms with Crippen LogP contribution in [0.4, 0.5) is 0 Å². The summed E-state index contributed by atoms with van der Waals surface area (Å²) in [6.45, 7) is 4.89. The number of hydrogen-bond acceptors (Lipinski definition) is 3. The van der Waals surface area contributed by atoms with E-state index in [4.69, 9.17) is 5.73 Å². The second kappa shape index (κ2) is 4.71. The molecule has 2 unspecified atom stereocenters. The van der Waals surface area contributed by atoms with E-state index in [2.05, 4.69) is 9.80 Å². The first-order chi connectivity index (χ1) is 9.31. The van der Waals surface area contributed by atoms with Crippen LogP contribution in [0, 0.1) is 5.92 Å². The fourth-order valence-electron chi connectivity index (χ4n) is 4.57. The molecule has 2 heterocycles. The quantitative estimate of drug-likeness (QED) is 0.821. The lowest BCUT2D eigenvalue weighted by molar-refractivity contribution is 0.00167. The topological polar surface area (TPSA) is 32.5 Å². The molecule has 3 heteroatoms. The molecular weight excluding hydrogens is 234 g/mol. The molecule has 2 aliphatic heterocycles. The van der Waals surface area contributed by atoms with E-state index >= 15 is 0 Å². The van der Waals surface area contributed by atoms with E-state index in [1.54, 1.807) is 0 Å². The van der Waals surface area contributed by atoms with E-state index in [0.717, 1.165) is 24.5 Å². The Hall–Kier alpha value is -0.120. The molecule has 2 saturated heterocycles. The van der Waals surface area contributed by atoms with Crippen LogP contribution in [0.2, 0.25) is 0 Å². The van der Waals surface area contributed by atoms with Gasteiger partial charge in [-0.15, -0.1) is 0 Å². The molecule has 0 bridgehead atoms. The van der Waals surface area contributed by atoms with E-state index in [-0.39, 0.29) is 0 Å². The normalized spacial score (nSPS) is 39.8. The number of nitrogens with two attached hydrogens (primary N) is 1. The molecule has 0 spiro atoms. The summed E-state index contributed by atoms with van der Waals surface area (Å²) in [5.41, 5.74) is 6.68. The van der Waals surface area contributed by atoms with Crippen molar-refractivity contribution in [2.45, 2.75) is 69.0 Å². The van der Waals surface area contributed by atoms with Gasteiger partial charge in [-0.1, -0.05) is 0 Å². The van der Waals surface area contributed by atoms with Gasteiger partial charge >= 0.3 is 0 Å². The second-order valence-corrected chi connectivity index (χ2v) is 7.54. The molecule has 2 aliphatic carbocycles. The molecule has 2 N–H and O–H groups in total. The van der Waals surface area contributed by atoms with Crippen molar-refractivity contribution in [1.82, 2.24) is 9.80 Å². The van der Waals surface area contributed by atoms with Crippen molar-refractivity contribution < 1.29 is 0 Å². The molecular formula is C16H29N3. The van der Waals surface area contributed by atoms with Crippen molar-refractivity contribution in [3.8, 4) is 0 Å². The Bertz CT molecular complexity index is 337. The molecule has 19 heavy (non-hydrogen) atoms. The first-order valence-electron chi connectivity index (χ1n) is 8.52. The number of rotatable bonds is 5. The van der Waals surface area contributed by atoms with Gasteiger partial charge < -0.3 is 10.6 Å². The van der Waals surface area contributed by atoms with Crippen molar-refractivity contribution in [2.24, 2.45) is 11.7 Å². The summed E-state index contributed by atoms with van der Waals surface area (Å²) in [4.78, 5) is 5.62. The zero-order chi connectivity index (χ0) is 12.9. The van der Waals surface area contributed by atoms with Gasteiger partial charge in [0, 0.05) is 37.3 Å². The molecule has 2 atom stereocenters. The number of fused-ring (bicyclic) bond motifs is 1. The fraction of sp³-hybridized carbons (Fsp3) is 1.00. The summed E-state index contributed by atoms with van der Waals surface area (Å²) < 4.78 is 0. The molecule has 0 amide bonds. The van der Waals surface area contributed by atoms with Gasteiger partial charge in [0.25, 0.3) is 0 Å². The Morgan fingerprint density at radius 1 is 1.11 bits per heavy atom. The summed E-state index contributed by atoms with van der Waals surface area (Å²) in [5.74, 6) is 1.01. The van der Waals surface area contributed by atoms with Gasteiger partial charge in [-0.05, 0) is 63.8 Å². The van der Waals surface area contributed by atoms with Crippen LogP contribution in [0.1, 0.15) is 51.4 Å². The average molecular weight is 263 g/mol. The fourth-order valence-corrected chi connectivity index (χ4v) is 4.57. The van der Waals surface area contributed by atoms with Gasteiger partial charge in [-0.25, -0.2) is 0 Å². The lowest BCUT2D eigenvalue weighted by Gasteiger charge is -2.50. The third-order valence-corrected chi connectivity index (χ3v) is 6.11. The minimum atomic E-state index is 0.356. The van der Waals surface area contributed by atoms with Crippen LogP contribution < -0.4 is 5.73 Å². The Kier molecular flexibility index (Phi) is 3.13. The van der Waals surface area contributed by atoms with Crippen LogP contribution in [-0.2, 0) is 0 Å². The van der Waals surface area contributed by atoms with E-state index in [9.17, 15) is 0 Å². The van der Waals surface area contributed by atoms with Crippen molar-refractivity contribution in [3.63, 3.8) is 0 Å². The molecule has 4 fully saturated rings. The van der Waals surface area contributed by atoms with Gasteiger partial charge in [0.05, 0.1) is 0 Å². The maximum atomic E-state index is 6.32. The van der Waals surface area contributed by atoms with Crippen molar-refractivity contribution in [3.05, 3.63) is 0 Å². The van der Waals surface area contributed by atoms with Crippen molar-refractivity contribution in [1.29, 1.82) is 0 Å². The largest absolute Gasteiger partial charge is 0.329 e. The van der Waals surface area contributed by atoms with Gasteiger partial charge in [0.1, 0.15) is 0 Å². The van der Waals surface area contributed by atoms with Gasteiger partial charge in [-0.3, -0.25) is 4.90 Å². The van der Waals surface area contributed by atoms with Gasteiger partial charge in [0.2, 0.25) is 0 Å². The molecule has 3 nitrogen and oxygen atoms in total. The Morgan fingerprint density at radius 3 is 2.63 bits per heavy atom. The zero-order valence-electron chi connectivity index (χ0n) is 12.2. The maximum absolute atomic E-state index is 6.32. The Labute approximate surface area is 117 Å². The van der Waals surface area contributed by atoms with E-state index < -0.39 is 0 Å². The first-order valence-corrected chi connectivity index (χ1v) is 8.52. The van der Waals surface area contributed by atoms with Crippen LogP contribution in [-0.4, -0.2) is 53.6 Å². The summed E-state index contributed by atoms with van der Waals surface area (Å²) in [5, 5.41) is 0. The molecule has 2 saturated carbocycles. The molecule has 4 aliphatic rings. The standard InChI is InChI=1S/C16H29N3/c17-12-16(7-9-18-8-1-2-15(18)10-16)19(14-5-6-14)11-13-3-4-13/h13-15H,1-12,17H2. The molecule has 4 rings (SSSR count). The molecule has 0 aromatic rings. The van der Waals surface area contributed by atoms with Crippen LogP contribution in [0.25, 0.3) is 0 Å². The predicted molar refractivity (Wildman–Crippen MR) is 78.1 cm³/mol. The third kappa shape index (κ3) is 2.34. The Morgan fingerprint density at radius 2 is 1.95 bits per heavy atom. The minimum absolute atomic E-state index is 0.356. The lowest BCUT2D eigenvalue weighted by atomic mass is 9.81. The number of piperidine rings is 1. The minimum Gasteiger partial charge on any atom is -0.329 e. The summed E-state index contributed by atoms with van der Waals surface area (Å²) >= 11 is 0. The predicted octanol–water partition coefficient (Wildman–Crippen LogP) is 1.82. The van der Waals surface area contributed by atoms with Crippen LogP contribution in [0.3, 0.4) is 0 Å². The highest BCUT2D eigenvalue weighted by atomic mass is 15.3. The van der Waals surface area contributed by atoms with E-state index in [0.29, 0.717) is 5.54 Å². The lowest BCUT2D eigenvalue weighted by Crippen LogP contribution is -2.62. The van der Waals surface area contributed by atoms with E-state index in [1.165, 1.54) is 71.0 Å². The summed E-state index contributed by atoms with van der Waals surface area (Å²) in [6, 6.07) is 1.73. The zero-order valence-corrected chi connectivity index (χ0v) is 12.2. The highest BCUT2D eigenvalue weighted by molar-refractivity contribution is 5.06. The van der Waals surface area contributed by atoms with Crippen molar-refractivity contribution >= 4 is 0 Å². The molecule has 108 valence electrons. The van der Waals surface area contributed by atoms with Crippen LogP contribution in [0.15, 0.2) is 0 Å². The van der Waals surface area contributed by atoms with Crippen molar-refractivity contribution in [2.75, 3.05) is 26.2 Å². The molecule has 0 aromatic heterocycles. The smallest absolute Gasteiger partial charge is 0.0361 e. The van der Waals surface area contributed by atoms with Crippen LogP contribution >= 0.6 is 0 Å². The number of nitrogens with zero attached hydrogens (tertiary/aromatic N) is 2. The Balaban J connectivity index is 1.53. The van der Waals surface area contributed by atoms with Gasteiger partial charge in [0.15, 0.2) is 0 Å².